The van der Waals surface area contributed by atoms with Crippen molar-refractivity contribution in [3.63, 3.8) is 0 Å². The largest absolute Gasteiger partial charge is 0.497 e. The molecule has 0 aliphatic carbocycles. The van der Waals surface area contributed by atoms with Crippen LogP contribution in [0.5, 0.6) is 5.75 Å². The standard InChI is InChI=1S/C23H28N2O4S/c1-17-5-11-21(12-6-17)30(27,28)25-14-3-4-22(25)23(26)24-15-13-19(16-24)18-7-9-20(29-2)10-8-18/h5-12,19,22H,3-4,13-16H2,1-2H3/t19?,22-/m0/s1. The molecule has 2 aliphatic heterocycles. The molecule has 0 saturated carbocycles. The second kappa shape index (κ2) is 8.40. The molecule has 2 saturated heterocycles. The van der Waals surface area contributed by atoms with Gasteiger partial charge in [-0.2, -0.15) is 4.31 Å². The molecule has 2 heterocycles. The summed E-state index contributed by atoms with van der Waals surface area (Å²) < 4.78 is 33.0. The van der Waals surface area contributed by atoms with Crippen LogP contribution in [0.25, 0.3) is 0 Å². The number of sulfonamides is 1. The van der Waals surface area contributed by atoms with Gasteiger partial charge in [0.15, 0.2) is 0 Å². The van der Waals surface area contributed by atoms with Crippen molar-refractivity contribution >= 4 is 15.9 Å². The second-order valence-corrected chi connectivity index (χ2v) is 10.0. The third-order valence-electron chi connectivity index (χ3n) is 6.20. The van der Waals surface area contributed by atoms with E-state index in [1.807, 2.05) is 36.1 Å². The highest BCUT2D eigenvalue weighted by Crippen LogP contribution is 2.32. The van der Waals surface area contributed by atoms with Crippen LogP contribution >= 0.6 is 0 Å². The highest BCUT2D eigenvalue weighted by atomic mass is 32.2. The van der Waals surface area contributed by atoms with Gasteiger partial charge in [0.1, 0.15) is 11.8 Å². The number of hydrogen-bond acceptors (Lipinski definition) is 4. The number of likely N-dealkylation sites (tertiary alicyclic amines) is 1. The van der Waals surface area contributed by atoms with E-state index in [-0.39, 0.29) is 16.7 Å². The molecule has 2 atom stereocenters. The summed E-state index contributed by atoms with van der Waals surface area (Å²) in [7, 11) is -2.04. The van der Waals surface area contributed by atoms with E-state index >= 15 is 0 Å². The number of benzene rings is 2. The van der Waals surface area contributed by atoms with Crippen LogP contribution in [0.3, 0.4) is 0 Å². The highest BCUT2D eigenvalue weighted by Gasteiger charge is 2.42. The van der Waals surface area contributed by atoms with Gasteiger partial charge in [0.25, 0.3) is 0 Å². The van der Waals surface area contributed by atoms with E-state index in [1.54, 1.807) is 31.4 Å². The SMILES string of the molecule is COc1ccc(C2CCN(C(=O)[C@@H]3CCCN3S(=O)(=O)c3ccc(C)cc3)C2)cc1. The lowest BCUT2D eigenvalue weighted by atomic mass is 9.98. The zero-order valence-corrected chi connectivity index (χ0v) is 18.3. The zero-order chi connectivity index (χ0) is 21.3. The molecule has 160 valence electrons. The van der Waals surface area contributed by atoms with Crippen LogP contribution in [-0.4, -0.2) is 56.3 Å². The highest BCUT2D eigenvalue weighted by molar-refractivity contribution is 7.89. The Labute approximate surface area is 178 Å². The Bertz CT molecular complexity index is 1000. The molecule has 0 aromatic heterocycles. The first-order valence-corrected chi connectivity index (χ1v) is 11.9. The molecule has 0 N–H and O–H groups in total. The lowest BCUT2D eigenvalue weighted by Gasteiger charge is -2.27. The van der Waals surface area contributed by atoms with E-state index in [2.05, 4.69) is 0 Å². The third kappa shape index (κ3) is 3.96. The summed E-state index contributed by atoms with van der Waals surface area (Å²) in [4.78, 5) is 15.4. The van der Waals surface area contributed by atoms with E-state index in [9.17, 15) is 13.2 Å². The average molecular weight is 429 g/mol. The van der Waals surface area contributed by atoms with Gasteiger partial charge in [0, 0.05) is 25.6 Å². The molecule has 2 fully saturated rings. The van der Waals surface area contributed by atoms with Crippen LogP contribution in [0.15, 0.2) is 53.4 Å². The lowest BCUT2D eigenvalue weighted by Crippen LogP contribution is -2.47. The van der Waals surface area contributed by atoms with Crippen LogP contribution in [-0.2, 0) is 14.8 Å². The number of carbonyl (C=O) groups excluding carboxylic acids is 1. The fraction of sp³-hybridized carbons (Fsp3) is 0.435. The van der Waals surface area contributed by atoms with Gasteiger partial charge < -0.3 is 9.64 Å². The molecular formula is C23H28N2O4S. The fourth-order valence-electron chi connectivity index (χ4n) is 4.44. The quantitative estimate of drug-likeness (QED) is 0.734. The van der Waals surface area contributed by atoms with Gasteiger partial charge in [-0.25, -0.2) is 8.42 Å². The summed E-state index contributed by atoms with van der Waals surface area (Å²) >= 11 is 0. The molecule has 2 aromatic rings. The Morgan fingerprint density at radius 2 is 1.70 bits per heavy atom. The van der Waals surface area contributed by atoms with Crippen molar-refractivity contribution in [2.45, 2.75) is 43.0 Å². The summed E-state index contributed by atoms with van der Waals surface area (Å²) in [6, 6.07) is 14.2. The monoisotopic (exact) mass is 428 g/mol. The van der Waals surface area contributed by atoms with Crippen LogP contribution < -0.4 is 4.74 Å². The first-order chi connectivity index (χ1) is 14.4. The van der Waals surface area contributed by atoms with Crippen LogP contribution in [0.2, 0.25) is 0 Å². The maximum absolute atomic E-state index is 13.3. The van der Waals surface area contributed by atoms with E-state index in [4.69, 9.17) is 4.74 Å². The van der Waals surface area contributed by atoms with Gasteiger partial charge in [-0.15, -0.1) is 0 Å². The van der Waals surface area contributed by atoms with E-state index in [0.29, 0.717) is 32.5 Å². The fourth-order valence-corrected chi connectivity index (χ4v) is 6.09. The molecule has 1 unspecified atom stereocenters. The minimum absolute atomic E-state index is 0.0702. The number of methoxy groups -OCH3 is 1. The number of rotatable bonds is 5. The van der Waals surface area contributed by atoms with Crippen LogP contribution in [0, 0.1) is 6.92 Å². The predicted molar refractivity (Wildman–Crippen MR) is 115 cm³/mol. The van der Waals surface area contributed by atoms with Crippen LogP contribution in [0.4, 0.5) is 0 Å². The number of hydrogen-bond donors (Lipinski definition) is 0. The molecular weight excluding hydrogens is 400 g/mol. The Kier molecular flexibility index (Phi) is 5.84. The second-order valence-electron chi connectivity index (χ2n) is 8.13. The number of ether oxygens (including phenoxy) is 1. The maximum Gasteiger partial charge on any atom is 0.243 e. The summed E-state index contributed by atoms with van der Waals surface area (Å²) in [6.07, 6.45) is 2.17. The predicted octanol–water partition coefficient (Wildman–Crippen LogP) is 3.17. The Morgan fingerprint density at radius 3 is 2.37 bits per heavy atom. The summed E-state index contributed by atoms with van der Waals surface area (Å²) in [5.74, 6) is 1.01. The van der Waals surface area contributed by atoms with Crippen molar-refractivity contribution in [3.05, 3.63) is 59.7 Å². The smallest absolute Gasteiger partial charge is 0.243 e. The number of nitrogens with zero attached hydrogens (tertiary/aromatic N) is 2. The lowest BCUT2D eigenvalue weighted by molar-refractivity contribution is -0.133. The minimum atomic E-state index is -3.68. The first-order valence-electron chi connectivity index (χ1n) is 10.4. The Balaban J connectivity index is 1.48. The molecule has 2 aromatic carbocycles. The Hall–Kier alpha value is -2.38. The first kappa shape index (κ1) is 20.9. The topological polar surface area (TPSA) is 66.9 Å². The molecule has 30 heavy (non-hydrogen) atoms. The number of amides is 1. The van der Waals surface area contributed by atoms with Crippen molar-refractivity contribution < 1.29 is 17.9 Å². The summed E-state index contributed by atoms with van der Waals surface area (Å²) in [6.45, 7) is 3.60. The normalized spacial score (nSPS) is 22.4. The molecule has 7 heteroatoms. The third-order valence-corrected chi connectivity index (χ3v) is 8.13. The molecule has 2 aliphatic rings. The van der Waals surface area contributed by atoms with Gasteiger partial charge in [-0.1, -0.05) is 29.8 Å². The van der Waals surface area contributed by atoms with E-state index in [1.165, 1.54) is 9.87 Å². The summed E-state index contributed by atoms with van der Waals surface area (Å²) in [5, 5.41) is 0. The molecule has 6 nitrogen and oxygen atoms in total. The molecule has 0 bridgehead atoms. The molecule has 1 amide bonds. The van der Waals surface area contributed by atoms with Crippen LogP contribution in [0.1, 0.15) is 36.3 Å². The number of aryl methyl sites for hydroxylation is 1. The van der Waals surface area contributed by atoms with Crippen molar-refractivity contribution in [3.8, 4) is 5.75 Å². The van der Waals surface area contributed by atoms with Crippen molar-refractivity contribution in [2.24, 2.45) is 0 Å². The minimum Gasteiger partial charge on any atom is -0.497 e. The summed E-state index contributed by atoms with van der Waals surface area (Å²) in [5.41, 5.74) is 2.19. The number of carbonyl (C=O) groups is 1. The van der Waals surface area contributed by atoms with Crippen molar-refractivity contribution in [2.75, 3.05) is 26.7 Å². The van der Waals surface area contributed by atoms with Gasteiger partial charge in [0.05, 0.1) is 12.0 Å². The van der Waals surface area contributed by atoms with Gasteiger partial charge in [0.2, 0.25) is 15.9 Å². The van der Waals surface area contributed by atoms with Crippen molar-refractivity contribution in [1.29, 1.82) is 0 Å². The maximum atomic E-state index is 13.3. The average Bonchev–Trinajstić information content (AvgIpc) is 3.44. The van der Waals surface area contributed by atoms with Gasteiger partial charge in [-0.05, 0) is 56.0 Å². The van der Waals surface area contributed by atoms with E-state index in [0.717, 1.165) is 17.7 Å². The zero-order valence-electron chi connectivity index (χ0n) is 17.5. The van der Waals surface area contributed by atoms with Gasteiger partial charge >= 0.3 is 0 Å². The van der Waals surface area contributed by atoms with Gasteiger partial charge in [-0.3, -0.25) is 4.79 Å². The molecule has 0 radical (unpaired) electrons. The van der Waals surface area contributed by atoms with E-state index < -0.39 is 16.1 Å². The molecule has 4 rings (SSSR count). The molecule has 0 spiro atoms. The Morgan fingerprint density at radius 1 is 1.00 bits per heavy atom. The van der Waals surface area contributed by atoms with Crippen molar-refractivity contribution in [1.82, 2.24) is 9.21 Å².